The Morgan fingerprint density at radius 2 is 1.79 bits per heavy atom. The second kappa shape index (κ2) is 5.30. The molecule has 0 spiro atoms. The molecule has 1 aromatic heterocycles. The molecule has 0 aromatic carbocycles. The van der Waals surface area contributed by atoms with Gasteiger partial charge in [-0.2, -0.15) is 0 Å². The summed E-state index contributed by atoms with van der Waals surface area (Å²) in [6, 6.07) is 0. The van der Waals surface area contributed by atoms with Crippen LogP contribution in [0.3, 0.4) is 0 Å². The number of hydrogen-bond acceptors (Lipinski definition) is 3. The van der Waals surface area contributed by atoms with Crippen molar-refractivity contribution in [1.82, 2.24) is 9.97 Å². The summed E-state index contributed by atoms with van der Waals surface area (Å²) in [5, 5.41) is 1.70. The quantitative estimate of drug-likeness (QED) is 0.616. The Morgan fingerprint density at radius 1 is 1.14 bits per heavy atom. The summed E-state index contributed by atoms with van der Waals surface area (Å²) in [6.45, 7) is 0. The van der Waals surface area contributed by atoms with Crippen LogP contribution in [0.5, 0.6) is 0 Å². The summed E-state index contributed by atoms with van der Waals surface area (Å²) in [7, 11) is 0. The van der Waals surface area contributed by atoms with Crippen LogP contribution >= 0.6 is 34.4 Å². The molecule has 0 bridgehead atoms. The van der Waals surface area contributed by atoms with Crippen LogP contribution in [0.2, 0.25) is 0 Å². The maximum atomic E-state index is 4.32. The lowest BCUT2D eigenvalue weighted by Gasteiger charge is -2.19. The monoisotopic (exact) mass is 320 g/mol. The lowest BCUT2D eigenvalue weighted by molar-refractivity contribution is 0.515. The van der Waals surface area contributed by atoms with Gasteiger partial charge in [-0.3, -0.25) is 0 Å². The molecule has 0 N–H and O–H groups in total. The van der Waals surface area contributed by atoms with Crippen molar-refractivity contribution in [3.05, 3.63) is 16.0 Å². The van der Waals surface area contributed by atoms with E-state index in [4.69, 9.17) is 0 Å². The molecule has 4 heteroatoms. The van der Waals surface area contributed by atoms with Crippen LogP contribution < -0.4 is 0 Å². The molecule has 2 rings (SSSR count). The van der Waals surface area contributed by atoms with E-state index in [1.807, 2.05) is 24.2 Å². The minimum absolute atomic E-state index is 0.754. The van der Waals surface area contributed by atoms with Crippen molar-refractivity contribution in [2.75, 3.05) is 0 Å². The first-order valence-corrected chi connectivity index (χ1v) is 6.94. The second-order valence-corrected chi connectivity index (χ2v) is 6.07. The number of rotatable bonds is 2. The maximum Gasteiger partial charge on any atom is 0.187 e. The predicted octanol–water partition coefficient (Wildman–Crippen LogP) is 3.51. The van der Waals surface area contributed by atoms with Crippen molar-refractivity contribution in [1.29, 1.82) is 0 Å². The lowest BCUT2D eigenvalue weighted by atomic mass is 10.0. The highest BCUT2D eigenvalue weighted by atomic mass is 127. The Morgan fingerprint density at radius 3 is 2.43 bits per heavy atom. The molecular formula is C10H13IN2S. The molecule has 0 radical (unpaired) electrons. The molecule has 0 unspecified atom stereocenters. The summed E-state index contributed by atoms with van der Waals surface area (Å²) in [4.78, 5) is 8.63. The van der Waals surface area contributed by atoms with Crippen molar-refractivity contribution in [3.8, 4) is 0 Å². The van der Waals surface area contributed by atoms with Gasteiger partial charge in [0.1, 0.15) is 0 Å². The molecule has 2 nitrogen and oxygen atoms in total. The van der Waals surface area contributed by atoms with Gasteiger partial charge in [-0.05, 0) is 35.4 Å². The molecule has 1 aliphatic carbocycles. The van der Waals surface area contributed by atoms with Gasteiger partial charge in [0.15, 0.2) is 5.16 Å². The van der Waals surface area contributed by atoms with Crippen molar-refractivity contribution < 1.29 is 0 Å². The first-order chi connectivity index (χ1) is 6.84. The average molecular weight is 320 g/mol. The van der Waals surface area contributed by atoms with Crippen LogP contribution in [0.25, 0.3) is 0 Å². The van der Waals surface area contributed by atoms with Gasteiger partial charge in [-0.15, -0.1) is 0 Å². The first-order valence-electron chi connectivity index (χ1n) is 4.99. The van der Waals surface area contributed by atoms with Crippen LogP contribution in [0, 0.1) is 3.57 Å². The predicted molar refractivity (Wildman–Crippen MR) is 67.5 cm³/mol. The summed E-state index contributed by atoms with van der Waals surface area (Å²) in [5.74, 6) is 0. The summed E-state index contributed by atoms with van der Waals surface area (Å²) in [6.07, 6.45) is 10.6. The van der Waals surface area contributed by atoms with Crippen molar-refractivity contribution in [3.63, 3.8) is 0 Å². The standard InChI is InChI=1S/C10H13IN2S/c11-8-6-12-10(13-7-8)14-9-4-2-1-3-5-9/h6-7,9H,1-5H2. The number of nitrogens with zero attached hydrogens (tertiary/aromatic N) is 2. The molecule has 1 fully saturated rings. The third-order valence-electron chi connectivity index (χ3n) is 2.42. The maximum absolute atomic E-state index is 4.32. The van der Waals surface area contributed by atoms with E-state index in [0.29, 0.717) is 0 Å². The molecule has 14 heavy (non-hydrogen) atoms. The molecule has 0 atom stereocenters. The SMILES string of the molecule is Ic1cnc(SC2CCCCC2)nc1. The second-order valence-electron chi connectivity index (χ2n) is 3.56. The fourth-order valence-corrected chi connectivity index (χ4v) is 3.07. The van der Waals surface area contributed by atoms with Crippen LogP contribution in [-0.4, -0.2) is 15.2 Å². The van der Waals surface area contributed by atoms with Gasteiger partial charge in [0.05, 0.1) is 0 Å². The van der Waals surface area contributed by atoms with Gasteiger partial charge in [-0.1, -0.05) is 31.0 Å². The highest BCUT2D eigenvalue weighted by molar-refractivity contribution is 14.1. The van der Waals surface area contributed by atoms with Gasteiger partial charge in [0, 0.05) is 21.2 Å². The molecular weight excluding hydrogens is 307 g/mol. The van der Waals surface area contributed by atoms with Crippen LogP contribution in [0.15, 0.2) is 17.6 Å². The molecule has 0 amide bonds. The third kappa shape index (κ3) is 3.08. The van der Waals surface area contributed by atoms with Gasteiger partial charge in [0.2, 0.25) is 0 Å². The molecule has 1 saturated carbocycles. The zero-order chi connectivity index (χ0) is 9.80. The van der Waals surface area contributed by atoms with Gasteiger partial charge in [-0.25, -0.2) is 9.97 Å². The Balaban J connectivity index is 1.92. The Hall–Kier alpha value is 0.160. The topological polar surface area (TPSA) is 25.8 Å². The van der Waals surface area contributed by atoms with E-state index in [1.165, 1.54) is 32.1 Å². The van der Waals surface area contributed by atoms with Crippen molar-refractivity contribution in [2.45, 2.75) is 42.5 Å². The van der Waals surface area contributed by atoms with Crippen LogP contribution in [0.4, 0.5) is 0 Å². The molecule has 76 valence electrons. The van der Waals surface area contributed by atoms with Gasteiger partial charge in [0.25, 0.3) is 0 Å². The number of halogens is 1. The fraction of sp³-hybridized carbons (Fsp3) is 0.600. The third-order valence-corrected chi connectivity index (χ3v) is 4.20. The Labute approximate surface area is 102 Å². The van der Waals surface area contributed by atoms with Crippen LogP contribution in [-0.2, 0) is 0 Å². The van der Waals surface area contributed by atoms with Gasteiger partial charge >= 0.3 is 0 Å². The van der Waals surface area contributed by atoms with Gasteiger partial charge < -0.3 is 0 Å². The lowest BCUT2D eigenvalue weighted by Crippen LogP contribution is -2.08. The smallest absolute Gasteiger partial charge is 0.187 e. The van der Waals surface area contributed by atoms with E-state index in [2.05, 4.69) is 32.6 Å². The normalized spacial score (nSPS) is 18.4. The largest absolute Gasteiger partial charge is 0.230 e. The van der Waals surface area contributed by atoms with E-state index in [9.17, 15) is 0 Å². The van der Waals surface area contributed by atoms with E-state index in [0.717, 1.165) is 14.0 Å². The van der Waals surface area contributed by atoms with E-state index < -0.39 is 0 Å². The highest BCUT2D eigenvalue weighted by Crippen LogP contribution is 2.31. The molecule has 1 aromatic rings. The van der Waals surface area contributed by atoms with E-state index in [1.54, 1.807) is 0 Å². The highest BCUT2D eigenvalue weighted by Gasteiger charge is 2.15. The fourth-order valence-electron chi connectivity index (χ4n) is 1.69. The first kappa shape index (κ1) is 10.7. The molecule has 0 aliphatic heterocycles. The van der Waals surface area contributed by atoms with Crippen molar-refractivity contribution >= 4 is 34.4 Å². The summed E-state index contributed by atoms with van der Waals surface area (Å²) >= 11 is 4.08. The van der Waals surface area contributed by atoms with E-state index >= 15 is 0 Å². The molecule has 0 saturated heterocycles. The average Bonchev–Trinajstić information content (AvgIpc) is 2.23. The van der Waals surface area contributed by atoms with Crippen LogP contribution in [0.1, 0.15) is 32.1 Å². The minimum atomic E-state index is 0.754. The molecule has 1 aliphatic rings. The Kier molecular flexibility index (Phi) is 4.04. The number of aromatic nitrogens is 2. The molecule has 1 heterocycles. The zero-order valence-electron chi connectivity index (χ0n) is 7.95. The number of hydrogen-bond donors (Lipinski definition) is 0. The van der Waals surface area contributed by atoms with Crippen molar-refractivity contribution in [2.24, 2.45) is 0 Å². The summed E-state index contributed by atoms with van der Waals surface area (Å²) < 4.78 is 1.11. The number of thioether (sulfide) groups is 1. The Bertz CT molecular complexity index is 283. The zero-order valence-corrected chi connectivity index (χ0v) is 10.9. The minimum Gasteiger partial charge on any atom is -0.230 e. The summed E-state index contributed by atoms with van der Waals surface area (Å²) in [5.41, 5.74) is 0. The van der Waals surface area contributed by atoms with E-state index in [-0.39, 0.29) is 0 Å².